The van der Waals surface area contributed by atoms with Crippen molar-refractivity contribution in [1.29, 1.82) is 0 Å². The molecule has 0 spiro atoms. The molecule has 2 nitrogen and oxygen atoms in total. The molecule has 1 atom stereocenters. The molecular formula is C46H68O2. The Morgan fingerprint density at radius 1 is 0.479 bits per heavy atom. The number of unbranched alkanes of at least 4 members (excludes halogenated alkanes) is 24. The lowest BCUT2D eigenvalue weighted by atomic mass is 10.0. The van der Waals surface area contributed by atoms with Crippen molar-refractivity contribution in [2.24, 2.45) is 0 Å². The zero-order chi connectivity index (χ0) is 34.9. The van der Waals surface area contributed by atoms with Crippen molar-refractivity contribution in [3.8, 4) is 48.4 Å². The van der Waals surface area contributed by atoms with E-state index < -0.39 is 6.10 Å². The van der Waals surface area contributed by atoms with Gasteiger partial charge in [0.05, 0.1) is 0 Å². The third-order valence-electron chi connectivity index (χ3n) is 8.27. The molecule has 0 amide bonds. The lowest BCUT2D eigenvalue weighted by molar-refractivity contribution is -0.108. The predicted molar refractivity (Wildman–Crippen MR) is 210 cm³/mol. The van der Waals surface area contributed by atoms with E-state index in [1.807, 2.05) is 12.2 Å². The van der Waals surface area contributed by atoms with Crippen LogP contribution in [-0.4, -0.2) is 17.0 Å². The summed E-state index contributed by atoms with van der Waals surface area (Å²) in [6, 6.07) is 0. The average molecular weight is 653 g/mol. The zero-order valence-electron chi connectivity index (χ0n) is 30.5. The maximum Gasteiger partial charge on any atom is 0.279 e. The number of carbonyl (C=O) groups excluding carboxylic acids is 1. The van der Waals surface area contributed by atoms with Gasteiger partial charge in [0.25, 0.3) is 5.78 Å². The highest BCUT2D eigenvalue weighted by Crippen LogP contribution is 2.13. The number of carbonyl (C=O) groups is 1. The second-order valence-electron chi connectivity index (χ2n) is 12.8. The van der Waals surface area contributed by atoms with Crippen LogP contribution < -0.4 is 0 Å². The summed E-state index contributed by atoms with van der Waals surface area (Å²) in [5.74, 6) is 15.8. The van der Waals surface area contributed by atoms with Crippen LogP contribution in [0.4, 0.5) is 0 Å². The van der Waals surface area contributed by atoms with E-state index in [1.165, 1.54) is 109 Å². The molecule has 0 rings (SSSR count). The highest BCUT2D eigenvalue weighted by molar-refractivity contribution is 6.08. The number of aliphatic hydroxyl groups is 1. The number of rotatable bonds is 31. The van der Waals surface area contributed by atoms with Gasteiger partial charge in [0, 0.05) is 12.8 Å². The highest BCUT2D eigenvalue weighted by atomic mass is 16.3. The number of allylic oxidation sites excluding steroid dienone is 7. The number of hydrogen-bond acceptors (Lipinski definition) is 2. The number of Topliss-reactive ketones (excluding diaryl/α,β-unsaturated/α-hetero) is 1. The summed E-state index contributed by atoms with van der Waals surface area (Å²) in [6.45, 7) is 0. The molecule has 1 N–H and O–H groups in total. The highest BCUT2D eigenvalue weighted by Gasteiger charge is 1.95. The van der Waals surface area contributed by atoms with Gasteiger partial charge in [-0.2, -0.15) is 0 Å². The molecule has 2 heteroatoms. The molecule has 0 aromatic rings. The summed E-state index contributed by atoms with van der Waals surface area (Å²) in [5, 5.41) is 9.24. The second-order valence-corrected chi connectivity index (χ2v) is 12.8. The largest absolute Gasteiger partial charge is 0.377 e. The van der Waals surface area contributed by atoms with Crippen LogP contribution in [0.3, 0.4) is 0 Å². The number of ketones is 1. The Morgan fingerprint density at radius 2 is 0.812 bits per heavy atom. The Bertz CT molecular complexity index is 1070. The molecule has 48 heavy (non-hydrogen) atoms. The minimum absolute atomic E-state index is 0.266. The maximum absolute atomic E-state index is 11.8. The Hall–Kier alpha value is -3.17. The van der Waals surface area contributed by atoms with Gasteiger partial charge in [-0.05, 0) is 114 Å². The van der Waals surface area contributed by atoms with Crippen molar-refractivity contribution < 1.29 is 9.90 Å². The Morgan fingerprint density at radius 3 is 1.25 bits per heavy atom. The van der Waals surface area contributed by atoms with Crippen LogP contribution in [-0.2, 0) is 4.79 Å². The second kappa shape index (κ2) is 40.0. The van der Waals surface area contributed by atoms with E-state index in [2.05, 4.69) is 65.9 Å². The number of terminal acetylenes is 2. The van der Waals surface area contributed by atoms with Crippen molar-refractivity contribution in [2.75, 3.05) is 0 Å². The summed E-state index contributed by atoms with van der Waals surface area (Å²) in [6.07, 6.45) is 60.2. The van der Waals surface area contributed by atoms with Crippen LogP contribution in [0, 0.1) is 48.4 Å². The minimum Gasteiger partial charge on any atom is -0.377 e. The van der Waals surface area contributed by atoms with Gasteiger partial charge >= 0.3 is 0 Å². The van der Waals surface area contributed by atoms with Gasteiger partial charge in [-0.15, -0.1) is 12.8 Å². The first-order valence-corrected chi connectivity index (χ1v) is 19.4. The predicted octanol–water partition coefficient (Wildman–Crippen LogP) is 12.3. The van der Waals surface area contributed by atoms with Gasteiger partial charge in [-0.25, -0.2) is 0 Å². The van der Waals surface area contributed by atoms with Gasteiger partial charge in [0.15, 0.2) is 0 Å². The quantitative estimate of drug-likeness (QED) is 0.0350. The first-order chi connectivity index (χ1) is 23.7. The molecule has 0 aromatic heterocycles. The van der Waals surface area contributed by atoms with Crippen LogP contribution in [0.5, 0.6) is 0 Å². The van der Waals surface area contributed by atoms with E-state index >= 15 is 0 Å². The SMILES string of the molecule is C#CC=CCCCCCCCCCCCCCCC=CCCCCC=CCCCCC#CC(=O)C#CCCCCCCC=CC(O)C#C. The maximum atomic E-state index is 11.8. The smallest absolute Gasteiger partial charge is 0.279 e. The summed E-state index contributed by atoms with van der Waals surface area (Å²) in [7, 11) is 0. The topological polar surface area (TPSA) is 37.3 Å². The summed E-state index contributed by atoms with van der Waals surface area (Å²) in [5.41, 5.74) is 0. The third kappa shape index (κ3) is 39.0. The van der Waals surface area contributed by atoms with Crippen LogP contribution in [0.15, 0.2) is 48.6 Å². The van der Waals surface area contributed by atoms with Crippen LogP contribution in [0.2, 0.25) is 0 Å². The van der Waals surface area contributed by atoms with Gasteiger partial charge < -0.3 is 5.11 Å². The van der Waals surface area contributed by atoms with Gasteiger partial charge in [-0.1, -0.05) is 137 Å². The first-order valence-electron chi connectivity index (χ1n) is 19.4. The minimum atomic E-state index is -0.776. The molecule has 0 heterocycles. The molecule has 0 saturated carbocycles. The van der Waals surface area contributed by atoms with Gasteiger partial charge in [0.2, 0.25) is 0 Å². The van der Waals surface area contributed by atoms with E-state index in [1.54, 1.807) is 6.08 Å². The molecule has 0 saturated heterocycles. The summed E-state index contributed by atoms with van der Waals surface area (Å²) >= 11 is 0. The molecule has 0 aromatic carbocycles. The molecule has 0 aliphatic heterocycles. The summed E-state index contributed by atoms with van der Waals surface area (Å²) in [4.78, 5) is 11.8. The van der Waals surface area contributed by atoms with Gasteiger partial charge in [-0.3, -0.25) is 4.79 Å². The molecule has 0 aliphatic carbocycles. The number of aliphatic hydroxyl groups excluding tert-OH is 1. The molecule has 0 bridgehead atoms. The van der Waals surface area contributed by atoms with Crippen molar-refractivity contribution in [3.05, 3.63) is 48.6 Å². The number of hydrogen-bond donors (Lipinski definition) is 1. The van der Waals surface area contributed by atoms with Gasteiger partial charge in [0.1, 0.15) is 6.10 Å². The monoisotopic (exact) mass is 653 g/mol. The van der Waals surface area contributed by atoms with Crippen molar-refractivity contribution >= 4 is 5.78 Å². The normalized spacial score (nSPS) is 11.8. The Balaban J connectivity index is 3.41. The standard InChI is InChI=1S/C46H68O2/c1-3-5-6-7-8-9-10-11-12-13-14-15-16-17-18-19-20-21-22-23-24-25-26-27-28-29-30-34-37-40-43-46(48)44-41-38-35-32-31-33-36-39-42-45(47)4-2/h1-2,5-6,21-22,27-28,39,42,45,47H,7-20,23-26,29-38H2. The molecule has 0 fully saturated rings. The van der Waals surface area contributed by atoms with Crippen LogP contribution in [0.25, 0.3) is 0 Å². The fourth-order valence-corrected chi connectivity index (χ4v) is 5.34. The van der Waals surface area contributed by atoms with Crippen LogP contribution >= 0.6 is 0 Å². The van der Waals surface area contributed by atoms with Crippen molar-refractivity contribution in [3.63, 3.8) is 0 Å². The lowest BCUT2D eigenvalue weighted by Gasteiger charge is -2.02. The molecule has 0 radical (unpaired) electrons. The van der Waals surface area contributed by atoms with E-state index in [0.717, 1.165) is 70.6 Å². The van der Waals surface area contributed by atoms with E-state index in [0.29, 0.717) is 0 Å². The zero-order valence-corrected chi connectivity index (χ0v) is 30.5. The summed E-state index contributed by atoms with van der Waals surface area (Å²) < 4.78 is 0. The fourth-order valence-electron chi connectivity index (χ4n) is 5.34. The van der Waals surface area contributed by atoms with E-state index in [9.17, 15) is 9.90 Å². The third-order valence-corrected chi connectivity index (χ3v) is 8.27. The molecular weight excluding hydrogens is 585 g/mol. The first kappa shape index (κ1) is 44.8. The fraction of sp³-hybridized carbons (Fsp3) is 0.630. The van der Waals surface area contributed by atoms with E-state index in [-0.39, 0.29) is 5.78 Å². The van der Waals surface area contributed by atoms with Crippen molar-refractivity contribution in [1.82, 2.24) is 0 Å². The molecule has 1 unspecified atom stereocenters. The Labute approximate surface area is 297 Å². The lowest BCUT2D eigenvalue weighted by Crippen LogP contribution is -1.95. The molecule has 0 aliphatic rings. The Kier molecular flexibility index (Phi) is 37.4. The average Bonchev–Trinajstić information content (AvgIpc) is 3.09. The van der Waals surface area contributed by atoms with E-state index in [4.69, 9.17) is 12.8 Å². The van der Waals surface area contributed by atoms with Crippen molar-refractivity contribution in [2.45, 2.75) is 186 Å². The molecule has 264 valence electrons. The van der Waals surface area contributed by atoms with Crippen LogP contribution in [0.1, 0.15) is 180 Å².